The maximum Gasteiger partial charge on any atom is 0.131 e. The Balaban J connectivity index is 2.20. The van der Waals surface area contributed by atoms with Gasteiger partial charge >= 0.3 is 0 Å². The van der Waals surface area contributed by atoms with Crippen molar-refractivity contribution >= 4 is 11.6 Å². The molecule has 1 aromatic heterocycles. The molecule has 1 fully saturated rings. The van der Waals surface area contributed by atoms with Gasteiger partial charge < -0.3 is 15.3 Å². The molecule has 2 rings (SSSR count). The highest BCUT2D eigenvalue weighted by atomic mass is 16.3. The summed E-state index contributed by atoms with van der Waals surface area (Å²) in [5, 5.41) is 12.4. The molecular weight excluding hydrogens is 202 g/mol. The summed E-state index contributed by atoms with van der Waals surface area (Å²) in [6.45, 7) is 1.21. The molecule has 1 aromatic rings. The fourth-order valence-electron chi connectivity index (χ4n) is 2.21. The van der Waals surface area contributed by atoms with E-state index in [1.807, 2.05) is 25.2 Å². The van der Waals surface area contributed by atoms with E-state index >= 15 is 0 Å². The van der Waals surface area contributed by atoms with Crippen molar-refractivity contribution in [3.05, 3.63) is 18.2 Å². The molecule has 0 radical (unpaired) electrons. The number of aliphatic hydroxyl groups is 1. The van der Waals surface area contributed by atoms with E-state index in [2.05, 4.69) is 15.2 Å². The summed E-state index contributed by atoms with van der Waals surface area (Å²) in [6, 6.07) is 6.18. The summed E-state index contributed by atoms with van der Waals surface area (Å²) in [4.78, 5) is 6.73. The molecule has 0 spiro atoms. The van der Waals surface area contributed by atoms with Crippen LogP contribution in [0.15, 0.2) is 18.2 Å². The second-order valence-electron chi connectivity index (χ2n) is 4.16. The number of rotatable bonds is 3. The molecule has 1 atom stereocenters. The van der Waals surface area contributed by atoms with Gasteiger partial charge in [0.25, 0.3) is 0 Å². The first-order chi connectivity index (χ1) is 7.85. The van der Waals surface area contributed by atoms with E-state index in [9.17, 15) is 5.11 Å². The fourth-order valence-corrected chi connectivity index (χ4v) is 2.21. The third-order valence-corrected chi connectivity index (χ3v) is 3.12. The Bertz CT molecular complexity index is 343. The van der Waals surface area contributed by atoms with Crippen molar-refractivity contribution in [2.75, 3.05) is 30.4 Å². The maximum absolute atomic E-state index is 9.36. The molecule has 0 aromatic carbocycles. The molecule has 4 nitrogen and oxygen atoms in total. The average Bonchev–Trinajstić information content (AvgIpc) is 2.38. The van der Waals surface area contributed by atoms with Crippen molar-refractivity contribution in [3.8, 4) is 0 Å². The van der Waals surface area contributed by atoms with Crippen LogP contribution in [0, 0.1) is 0 Å². The molecule has 16 heavy (non-hydrogen) atoms. The van der Waals surface area contributed by atoms with Crippen molar-refractivity contribution in [1.29, 1.82) is 0 Å². The largest absolute Gasteiger partial charge is 0.394 e. The molecule has 0 aliphatic carbocycles. The zero-order chi connectivity index (χ0) is 11.4. The van der Waals surface area contributed by atoms with Crippen molar-refractivity contribution < 1.29 is 5.11 Å². The standard InChI is InChI=1S/C12H19N3O/c1-13-11-6-4-7-12(14-11)15-8-3-2-5-10(15)9-16/h4,6-7,10,16H,2-3,5,8-9H2,1H3,(H,13,14). The van der Waals surface area contributed by atoms with Crippen LogP contribution in [0.5, 0.6) is 0 Å². The Kier molecular flexibility index (Phi) is 3.62. The number of piperidine rings is 1. The van der Waals surface area contributed by atoms with Gasteiger partial charge in [0.2, 0.25) is 0 Å². The van der Waals surface area contributed by atoms with Crippen molar-refractivity contribution in [1.82, 2.24) is 4.98 Å². The lowest BCUT2D eigenvalue weighted by Gasteiger charge is -2.35. The minimum absolute atomic E-state index is 0.214. The fraction of sp³-hybridized carbons (Fsp3) is 0.583. The van der Waals surface area contributed by atoms with Crippen molar-refractivity contribution in [2.24, 2.45) is 0 Å². The first-order valence-corrected chi connectivity index (χ1v) is 5.87. The molecule has 1 unspecified atom stereocenters. The topological polar surface area (TPSA) is 48.4 Å². The van der Waals surface area contributed by atoms with Crippen LogP contribution in [-0.2, 0) is 0 Å². The van der Waals surface area contributed by atoms with Gasteiger partial charge in [0.1, 0.15) is 11.6 Å². The monoisotopic (exact) mass is 221 g/mol. The molecular formula is C12H19N3O. The van der Waals surface area contributed by atoms with Gasteiger partial charge in [-0.05, 0) is 31.4 Å². The number of hydrogen-bond acceptors (Lipinski definition) is 4. The molecule has 2 N–H and O–H groups in total. The normalized spacial score (nSPS) is 20.9. The second kappa shape index (κ2) is 5.16. The van der Waals surface area contributed by atoms with Crippen LogP contribution in [-0.4, -0.2) is 36.3 Å². The molecule has 1 saturated heterocycles. The van der Waals surface area contributed by atoms with Crippen molar-refractivity contribution in [3.63, 3.8) is 0 Å². The molecule has 0 amide bonds. The van der Waals surface area contributed by atoms with Gasteiger partial charge in [-0.2, -0.15) is 0 Å². The van der Waals surface area contributed by atoms with E-state index in [1.54, 1.807) is 0 Å². The molecule has 0 saturated carbocycles. The summed E-state index contributed by atoms with van der Waals surface area (Å²) in [5.74, 6) is 1.84. The molecule has 2 heterocycles. The predicted molar refractivity (Wildman–Crippen MR) is 65.9 cm³/mol. The highest BCUT2D eigenvalue weighted by Gasteiger charge is 2.22. The summed E-state index contributed by atoms with van der Waals surface area (Å²) < 4.78 is 0. The van der Waals surface area contributed by atoms with E-state index in [-0.39, 0.29) is 12.6 Å². The first-order valence-electron chi connectivity index (χ1n) is 5.87. The number of aromatic nitrogens is 1. The number of nitrogens with one attached hydrogen (secondary N) is 1. The van der Waals surface area contributed by atoms with Gasteiger partial charge in [-0.15, -0.1) is 0 Å². The Morgan fingerprint density at radius 3 is 3.12 bits per heavy atom. The lowest BCUT2D eigenvalue weighted by Crippen LogP contribution is -2.42. The average molecular weight is 221 g/mol. The van der Waals surface area contributed by atoms with Crippen LogP contribution in [0.25, 0.3) is 0 Å². The van der Waals surface area contributed by atoms with Crippen LogP contribution in [0.1, 0.15) is 19.3 Å². The van der Waals surface area contributed by atoms with Crippen molar-refractivity contribution in [2.45, 2.75) is 25.3 Å². The van der Waals surface area contributed by atoms with Crippen LogP contribution >= 0.6 is 0 Å². The third kappa shape index (κ3) is 2.27. The second-order valence-corrected chi connectivity index (χ2v) is 4.16. The van der Waals surface area contributed by atoms with E-state index in [4.69, 9.17) is 0 Å². The highest BCUT2D eigenvalue weighted by molar-refractivity contribution is 5.47. The van der Waals surface area contributed by atoms with Crippen LogP contribution in [0.3, 0.4) is 0 Å². The molecule has 1 aliphatic heterocycles. The van der Waals surface area contributed by atoms with Crippen LogP contribution < -0.4 is 10.2 Å². The summed E-state index contributed by atoms with van der Waals surface area (Å²) in [5.41, 5.74) is 0. The number of hydrogen-bond donors (Lipinski definition) is 2. The number of anilines is 2. The summed E-state index contributed by atoms with van der Waals surface area (Å²) in [7, 11) is 1.87. The molecule has 1 aliphatic rings. The van der Waals surface area contributed by atoms with E-state index in [0.29, 0.717) is 0 Å². The van der Waals surface area contributed by atoms with Gasteiger partial charge in [-0.3, -0.25) is 0 Å². The zero-order valence-corrected chi connectivity index (χ0v) is 9.69. The number of nitrogens with zero attached hydrogens (tertiary/aromatic N) is 2. The lowest BCUT2D eigenvalue weighted by atomic mass is 10.0. The third-order valence-electron chi connectivity index (χ3n) is 3.12. The predicted octanol–water partition coefficient (Wildman–Crippen LogP) is 1.47. The van der Waals surface area contributed by atoms with Gasteiger partial charge in [0, 0.05) is 13.6 Å². The Morgan fingerprint density at radius 1 is 1.50 bits per heavy atom. The quantitative estimate of drug-likeness (QED) is 0.811. The van der Waals surface area contributed by atoms with E-state index < -0.39 is 0 Å². The van der Waals surface area contributed by atoms with Crippen LogP contribution in [0.2, 0.25) is 0 Å². The van der Waals surface area contributed by atoms with E-state index in [1.165, 1.54) is 12.8 Å². The Morgan fingerprint density at radius 2 is 2.38 bits per heavy atom. The highest BCUT2D eigenvalue weighted by Crippen LogP contribution is 2.23. The summed E-state index contributed by atoms with van der Waals surface area (Å²) in [6.07, 6.45) is 3.44. The Labute approximate surface area is 96.3 Å². The number of pyridine rings is 1. The molecule has 4 heteroatoms. The smallest absolute Gasteiger partial charge is 0.131 e. The minimum Gasteiger partial charge on any atom is -0.394 e. The van der Waals surface area contributed by atoms with Gasteiger partial charge in [-0.1, -0.05) is 6.07 Å². The maximum atomic E-state index is 9.36. The first kappa shape index (κ1) is 11.2. The zero-order valence-electron chi connectivity index (χ0n) is 9.69. The van der Waals surface area contributed by atoms with Gasteiger partial charge in [0.05, 0.1) is 12.6 Å². The number of aliphatic hydroxyl groups excluding tert-OH is 1. The van der Waals surface area contributed by atoms with E-state index in [0.717, 1.165) is 24.6 Å². The molecule has 88 valence electrons. The SMILES string of the molecule is CNc1cccc(N2CCCCC2CO)n1. The molecule has 0 bridgehead atoms. The lowest BCUT2D eigenvalue weighted by molar-refractivity contribution is 0.239. The van der Waals surface area contributed by atoms with Crippen LogP contribution in [0.4, 0.5) is 11.6 Å². The minimum atomic E-state index is 0.214. The van der Waals surface area contributed by atoms with Gasteiger partial charge in [0.15, 0.2) is 0 Å². The Hall–Kier alpha value is -1.29. The summed E-state index contributed by atoms with van der Waals surface area (Å²) >= 11 is 0. The van der Waals surface area contributed by atoms with Gasteiger partial charge in [-0.25, -0.2) is 4.98 Å².